The average molecular weight is 300 g/mol. The molecule has 0 aliphatic heterocycles. The smallest absolute Gasteiger partial charge is 0.123 e. The van der Waals surface area contributed by atoms with E-state index >= 15 is 0 Å². The monoisotopic (exact) mass is 299 g/mol. The van der Waals surface area contributed by atoms with E-state index in [9.17, 15) is 4.39 Å². The second kappa shape index (κ2) is 5.08. The van der Waals surface area contributed by atoms with Gasteiger partial charge in [0.1, 0.15) is 5.82 Å². The average Bonchev–Trinajstić information content (AvgIpc) is 2.65. The summed E-state index contributed by atoms with van der Waals surface area (Å²) < 4.78 is 14.0. The third-order valence-corrected chi connectivity index (χ3v) is 4.12. The standard InChI is InChI=1S/C12H11BrFNS/c13-9-6-12(16-7-9)11(15)5-8-2-1-3-10(14)4-8/h1-4,6-7,11H,5,15H2. The van der Waals surface area contributed by atoms with E-state index in [1.807, 2.05) is 17.5 Å². The first-order valence-electron chi connectivity index (χ1n) is 4.89. The first kappa shape index (κ1) is 11.8. The number of halogens is 2. The van der Waals surface area contributed by atoms with Crippen molar-refractivity contribution in [1.29, 1.82) is 0 Å². The van der Waals surface area contributed by atoms with Crippen LogP contribution in [0.3, 0.4) is 0 Å². The van der Waals surface area contributed by atoms with Crippen LogP contribution < -0.4 is 5.73 Å². The number of thiophene rings is 1. The Labute approximate surface area is 106 Å². The summed E-state index contributed by atoms with van der Waals surface area (Å²) in [5.41, 5.74) is 6.99. The lowest BCUT2D eigenvalue weighted by Crippen LogP contribution is -2.11. The quantitative estimate of drug-likeness (QED) is 0.914. The predicted molar refractivity (Wildman–Crippen MR) is 69.1 cm³/mol. The van der Waals surface area contributed by atoms with Gasteiger partial charge in [0.15, 0.2) is 0 Å². The highest BCUT2D eigenvalue weighted by Gasteiger charge is 2.09. The van der Waals surface area contributed by atoms with Crippen molar-refractivity contribution in [3.05, 3.63) is 56.4 Å². The fourth-order valence-corrected chi connectivity index (χ4v) is 2.99. The van der Waals surface area contributed by atoms with Gasteiger partial charge in [-0.25, -0.2) is 4.39 Å². The van der Waals surface area contributed by atoms with Crippen LogP contribution in [0, 0.1) is 5.82 Å². The Balaban J connectivity index is 2.10. The molecule has 0 aliphatic rings. The molecular formula is C12H11BrFNS. The maximum atomic E-state index is 13.0. The van der Waals surface area contributed by atoms with Crippen molar-refractivity contribution in [2.45, 2.75) is 12.5 Å². The van der Waals surface area contributed by atoms with Gasteiger partial charge in [-0.15, -0.1) is 11.3 Å². The largest absolute Gasteiger partial charge is 0.323 e. The molecule has 0 fully saturated rings. The summed E-state index contributed by atoms with van der Waals surface area (Å²) in [5, 5.41) is 2.00. The van der Waals surface area contributed by atoms with Crippen LogP contribution in [0.15, 0.2) is 40.2 Å². The third kappa shape index (κ3) is 2.90. The highest BCUT2D eigenvalue weighted by molar-refractivity contribution is 9.10. The first-order valence-corrected chi connectivity index (χ1v) is 6.56. The van der Waals surface area contributed by atoms with E-state index in [0.717, 1.165) is 14.9 Å². The second-order valence-electron chi connectivity index (χ2n) is 3.61. The van der Waals surface area contributed by atoms with Gasteiger partial charge in [-0.1, -0.05) is 12.1 Å². The summed E-state index contributed by atoms with van der Waals surface area (Å²) in [6.07, 6.45) is 0.657. The normalized spacial score (nSPS) is 12.7. The Hall–Kier alpha value is -0.710. The van der Waals surface area contributed by atoms with Crippen LogP contribution >= 0.6 is 27.3 Å². The fraction of sp³-hybridized carbons (Fsp3) is 0.167. The van der Waals surface area contributed by atoms with Crippen LogP contribution in [0.25, 0.3) is 0 Å². The molecule has 1 heterocycles. The molecular weight excluding hydrogens is 289 g/mol. The lowest BCUT2D eigenvalue weighted by atomic mass is 10.1. The summed E-state index contributed by atoms with van der Waals surface area (Å²) in [6, 6.07) is 8.51. The van der Waals surface area contributed by atoms with Gasteiger partial charge in [-0.3, -0.25) is 0 Å². The zero-order valence-electron chi connectivity index (χ0n) is 8.49. The molecule has 1 aromatic heterocycles. The highest BCUT2D eigenvalue weighted by atomic mass is 79.9. The van der Waals surface area contributed by atoms with Crippen molar-refractivity contribution < 1.29 is 4.39 Å². The molecule has 2 N–H and O–H groups in total. The van der Waals surface area contributed by atoms with Crippen molar-refractivity contribution in [1.82, 2.24) is 0 Å². The van der Waals surface area contributed by atoms with Gasteiger partial charge in [0, 0.05) is 20.8 Å². The van der Waals surface area contributed by atoms with Crippen molar-refractivity contribution in [3.63, 3.8) is 0 Å². The molecule has 84 valence electrons. The van der Waals surface area contributed by atoms with Crippen molar-refractivity contribution in [2.75, 3.05) is 0 Å². The molecule has 0 spiro atoms. The Kier molecular flexibility index (Phi) is 3.74. The van der Waals surface area contributed by atoms with E-state index in [-0.39, 0.29) is 11.9 Å². The molecule has 16 heavy (non-hydrogen) atoms. The van der Waals surface area contributed by atoms with Crippen LogP contribution in [0.1, 0.15) is 16.5 Å². The van der Waals surface area contributed by atoms with Gasteiger partial charge < -0.3 is 5.73 Å². The van der Waals surface area contributed by atoms with Crippen LogP contribution in [-0.2, 0) is 6.42 Å². The fourth-order valence-electron chi connectivity index (χ4n) is 1.54. The minimum atomic E-state index is -0.211. The molecule has 0 amide bonds. The van der Waals surface area contributed by atoms with E-state index in [2.05, 4.69) is 15.9 Å². The number of benzene rings is 1. The Morgan fingerprint density at radius 2 is 2.19 bits per heavy atom. The molecule has 1 atom stereocenters. The van der Waals surface area contributed by atoms with Gasteiger partial charge in [-0.05, 0) is 46.1 Å². The Bertz CT molecular complexity index is 483. The number of rotatable bonds is 3. The molecule has 1 unspecified atom stereocenters. The summed E-state index contributed by atoms with van der Waals surface area (Å²) in [5.74, 6) is -0.211. The molecule has 1 aromatic carbocycles. The van der Waals surface area contributed by atoms with E-state index in [1.54, 1.807) is 17.4 Å². The predicted octanol–water partition coefficient (Wildman–Crippen LogP) is 3.89. The van der Waals surface area contributed by atoms with Gasteiger partial charge in [-0.2, -0.15) is 0 Å². The summed E-state index contributed by atoms with van der Waals surface area (Å²) in [7, 11) is 0. The number of hydrogen-bond acceptors (Lipinski definition) is 2. The highest BCUT2D eigenvalue weighted by Crippen LogP contribution is 2.26. The van der Waals surface area contributed by atoms with Crippen molar-refractivity contribution >= 4 is 27.3 Å². The topological polar surface area (TPSA) is 26.0 Å². The first-order chi connectivity index (χ1) is 7.65. The van der Waals surface area contributed by atoms with Crippen molar-refractivity contribution in [2.24, 2.45) is 5.73 Å². The molecule has 0 saturated carbocycles. The molecule has 2 rings (SSSR count). The molecule has 1 nitrogen and oxygen atoms in total. The number of hydrogen-bond donors (Lipinski definition) is 1. The second-order valence-corrected chi connectivity index (χ2v) is 5.47. The molecule has 2 aromatic rings. The van der Waals surface area contributed by atoms with E-state index in [1.165, 1.54) is 12.1 Å². The molecule has 0 saturated heterocycles. The van der Waals surface area contributed by atoms with Gasteiger partial charge in [0.2, 0.25) is 0 Å². The van der Waals surface area contributed by atoms with E-state index in [4.69, 9.17) is 5.73 Å². The van der Waals surface area contributed by atoms with Crippen LogP contribution in [0.4, 0.5) is 4.39 Å². The van der Waals surface area contributed by atoms with Crippen molar-refractivity contribution in [3.8, 4) is 0 Å². The van der Waals surface area contributed by atoms with Crippen LogP contribution in [-0.4, -0.2) is 0 Å². The summed E-state index contributed by atoms with van der Waals surface area (Å²) in [4.78, 5) is 1.11. The maximum Gasteiger partial charge on any atom is 0.123 e. The minimum absolute atomic E-state index is 0.0712. The zero-order valence-corrected chi connectivity index (χ0v) is 10.9. The van der Waals surface area contributed by atoms with E-state index < -0.39 is 0 Å². The lowest BCUT2D eigenvalue weighted by Gasteiger charge is -2.09. The Morgan fingerprint density at radius 3 is 2.81 bits per heavy atom. The summed E-state index contributed by atoms with van der Waals surface area (Å²) >= 11 is 5.01. The number of nitrogens with two attached hydrogens (primary N) is 1. The van der Waals surface area contributed by atoms with Gasteiger partial charge in [0.25, 0.3) is 0 Å². The molecule has 0 bridgehead atoms. The maximum absolute atomic E-state index is 13.0. The summed E-state index contributed by atoms with van der Waals surface area (Å²) in [6.45, 7) is 0. The Morgan fingerprint density at radius 1 is 1.38 bits per heavy atom. The molecule has 4 heteroatoms. The van der Waals surface area contributed by atoms with E-state index in [0.29, 0.717) is 6.42 Å². The molecule has 0 aliphatic carbocycles. The third-order valence-electron chi connectivity index (χ3n) is 2.30. The van der Waals surface area contributed by atoms with Crippen LogP contribution in [0.2, 0.25) is 0 Å². The lowest BCUT2D eigenvalue weighted by molar-refractivity contribution is 0.622. The SMILES string of the molecule is NC(Cc1cccc(F)c1)c1cc(Br)cs1. The molecule has 0 radical (unpaired) electrons. The van der Waals surface area contributed by atoms with Gasteiger partial charge in [0.05, 0.1) is 0 Å². The minimum Gasteiger partial charge on any atom is -0.323 e. The zero-order chi connectivity index (χ0) is 11.5. The van der Waals surface area contributed by atoms with Crippen LogP contribution in [0.5, 0.6) is 0 Å². The van der Waals surface area contributed by atoms with Gasteiger partial charge >= 0.3 is 0 Å².